The molecule has 0 aliphatic heterocycles. The van der Waals surface area contributed by atoms with Gasteiger partial charge < -0.3 is 4.52 Å². The first kappa shape index (κ1) is 8.10. The van der Waals surface area contributed by atoms with Gasteiger partial charge in [-0.05, 0) is 31.5 Å². The molecule has 0 unspecified atom stereocenters. The fourth-order valence-electron chi connectivity index (χ4n) is 1.38. The van der Waals surface area contributed by atoms with Crippen LogP contribution in [-0.4, -0.2) is 4.74 Å². The molecule has 2 rings (SSSR count). The van der Waals surface area contributed by atoms with Crippen LogP contribution in [0.2, 0.25) is 0 Å². The first-order valence-corrected chi connectivity index (χ1v) is 4.33. The third-order valence-electron chi connectivity index (χ3n) is 2.09. The lowest BCUT2D eigenvalue weighted by Crippen LogP contribution is -2.12. The minimum absolute atomic E-state index is 0.0440. The van der Waals surface area contributed by atoms with Crippen molar-refractivity contribution in [1.82, 2.24) is 4.74 Å². The van der Waals surface area contributed by atoms with Gasteiger partial charge in [-0.3, -0.25) is 4.79 Å². The van der Waals surface area contributed by atoms with Crippen LogP contribution >= 0.6 is 0 Å². The number of hydrogen-bond acceptors (Lipinski definition) is 2. The molecule has 0 bridgehead atoms. The van der Waals surface area contributed by atoms with Crippen molar-refractivity contribution in [3.8, 4) is 0 Å². The van der Waals surface area contributed by atoms with Gasteiger partial charge in [-0.15, -0.1) is 0 Å². The molecule has 0 radical (unpaired) electrons. The molecule has 0 aliphatic carbocycles. The molecule has 0 saturated carbocycles. The fourth-order valence-corrected chi connectivity index (χ4v) is 1.38. The monoisotopic (exact) mass is 177 g/mol. The van der Waals surface area contributed by atoms with Crippen LogP contribution in [0.3, 0.4) is 0 Å². The van der Waals surface area contributed by atoms with Crippen LogP contribution in [0.4, 0.5) is 0 Å². The van der Waals surface area contributed by atoms with Crippen LogP contribution in [0.15, 0.2) is 27.5 Å². The van der Waals surface area contributed by atoms with E-state index in [9.17, 15) is 4.79 Å². The molecule has 0 saturated heterocycles. The van der Waals surface area contributed by atoms with Gasteiger partial charge in [-0.2, -0.15) is 4.74 Å². The molecule has 68 valence electrons. The van der Waals surface area contributed by atoms with Crippen molar-refractivity contribution in [3.05, 3.63) is 34.1 Å². The third kappa shape index (κ3) is 1.16. The van der Waals surface area contributed by atoms with Gasteiger partial charge in [0.25, 0.3) is 5.56 Å². The topological polar surface area (TPSA) is 35.1 Å². The average Bonchev–Trinajstić information content (AvgIpc) is 2.42. The van der Waals surface area contributed by atoms with Crippen LogP contribution in [0, 0.1) is 6.92 Å². The van der Waals surface area contributed by atoms with Crippen LogP contribution in [0.5, 0.6) is 0 Å². The lowest BCUT2D eigenvalue weighted by molar-refractivity contribution is 0.293. The molecular formula is C10H11NO2. The van der Waals surface area contributed by atoms with Gasteiger partial charge in [-0.25, -0.2) is 0 Å². The standard InChI is InChI=1S/C10H11NO2/c1-3-11-10(12)8-5-4-7(2)6-9(8)13-11/h4-6H,3H2,1-2H3. The number of nitrogens with zero attached hydrogens (tertiary/aromatic N) is 1. The summed E-state index contributed by atoms with van der Waals surface area (Å²) in [7, 11) is 0. The first-order valence-electron chi connectivity index (χ1n) is 4.33. The summed E-state index contributed by atoms with van der Waals surface area (Å²) in [6.07, 6.45) is 0. The fraction of sp³-hybridized carbons (Fsp3) is 0.300. The third-order valence-corrected chi connectivity index (χ3v) is 2.09. The van der Waals surface area contributed by atoms with E-state index >= 15 is 0 Å². The Morgan fingerprint density at radius 2 is 2.23 bits per heavy atom. The molecule has 1 aromatic carbocycles. The summed E-state index contributed by atoms with van der Waals surface area (Å²) in [5.41, 5.74) is 1.73. The number of rotatable bonds is 1. The summed E-state index contributed by atoms with van der Waals surface area (Å²) < 4.78 is 6.70. The zero-order valence-electron chi connectivity index (χ0n) is 7.70. The van der Waals surface area contributed by atoms with Crippen molar-refractivity contribution in [2.45, 2.75) is 20.4 Å². The summed E-state index contributed by atoms with van der Waals surface area (Å²) in [5, 5.41) is 0.660. The minimum atomic E-state index is -0.0440. The Morgan fingerprint density at radius 1 is 1.46 bits per heavy atom. The summed E-state index contributed by atoms with van der Waals surface area (Å²) in [4.78, 5) is 11.5. The lowest BCUT2D eigenvalue weighted by atomic mass is 10.2. The van der Waals surface area contributed by atoms with Crippen LogP contribution < -0.4 is 5.56 Å². The molecule has 3 heteroatoms. The van der Waals surface area contributed by atoms with E-state index in [2.05, 4.69) is 0 Å². The molecule has 1 heterocycles. The molecule has 13 heavy (non-hydrogen) atoms. The van der Waals surface area contributed by atoms with Gasteiger partial charge in [0.1, 0.15) is 0 Å². The Bertz CT molecular complexity index is 493. The molecular weight excluding hydrogens is 166 g/mol. The van der Waals surface area contributed by atoms with E-state index in [1.165, 1.54) is 4.74 Å². The van der Waals surface area contributed by atoms with Crippen LogP contribution in [-0.2, 0) is 6.54 Å². The first-order chi connectivity index (χ1) is 6.22. The van der Waals surface area contributed by atoms with E-state index in [-0.39, 0.29) is 5.56 Å². The van der Waals surface area contributed by atoms with Gasteiger partial charge in [0.2, 0.25) is 0 Å². The average molecular weight is 177 g/mol. The van der Waals surface area contributed by atoms with Gasteiger partial charge in [0.15, 0.2) is 5.58 Å². The molecule has 0 atom stereocenters. The lowest BCUT2D eigenvalue weighted by Gasteiger charge is -1.89. The molecule has 0 spiro atoms. The van der Waals surface area contributed by atoms with E-state index in [1.807, 2.05) is 32.0 Å². The number of fused-ring (bicyclic) bond motifs is 1. The van der Waals surface area contributed by atoms with Crippen molar-refractivity contribution < 1.29 is 4.52 Å². The second-order valence-electron chi connectivity index (χ2n) is 3.09. The quantitative estimate of drug-likeness (QED) is 0.667. The van der Waals surface area contributed by atoms with E-state index in [0.29, 0.717) is 17.5 Å². The second kappa shape index (κ2) is 2.76. The number of hydrogen-bond donors (Lipinski definition) is 0. The molecule has 3 nitrogen and oxygen atoms in total. The van der Waals surface area contributed by atoms with Gasteiger partial charge >= 0.3 is 0 Å². The van der Waals surface area contributed by atoms with Gasteiger partial charge in [-0.1, -0.05) is 6.07 Å². The van der Waals surface area contributed by atoms with Gasteiger partial charge in [0, 0.05) is 0 Å². The van der Waals surface area contributed by atoms with E-state index < -0.39 is 0 Å². The van der Waals surface area contributed by atoms with E-state index in [1.54, 1.807) is 0 Å². The van der Waals surface area contributed by atoms with Gasteiger partial charge in [0.05, 0.1) is 11.9 Å². The van der Waals surface area contributed by atoms with Crippen LogP contribution in [0.1, 0.15) is 12.5 Å². The van der Waals surface area contributed by atoms with Crippen molar-refractivity contribution in [2.24, 2.45) is 0 Å². The Kier molecular flexibility index (Phi) is 1.72. The van der Waals surface area contributed by atoms with Crippen molar-refractivity contribution in [2.75, 3.05) is 0 Å². The highest BCUT2D eigenvalue weighted by Crippen LogP contribution is 2.12. The molecule has 1 aromatic heterocycles. The summed E-state index contributed by atoms with van der Waals surface area (Å²) >= 11 is 0. The zero-order valence-corrected chi connectivity index (χ0v) is 7.70. The van der Waals surface area contributed by atoms with Crippen molar-refractivity contribution in [3.63, 3.8) is 0 Å². The Hall–Kier alpha value is -1.51. The molecule has 0 amide bonds. The van der Waals surface area contributed by atoms with Crippen LogP contribution in [0.25, 0.3) is 11.0 Å². The highest BCUT2D eigenvalue weighted by atomic mass is 16.5. The molecule has 0 aliphatic rings. The number of aryl methyl sites for hydroxylation is 2. The minimum Gasteiger partial charge on any atom is -0.376 e. The predicted molar refractivity (Wildman–Crippen MR) is 50.9 cm³/mol. The summed E-state index contributed by atoms with van der Waals surface area (Å²) in [6.45, 7) is 4.44. The normalized spacial score (nSPS) is 10.9. The predicted octanol–water partition coefficient (Wildman–Crippen LogP) is 1.92. The van der Waals surface area contributed by atoms with E-state index in [0.717, 1.165) is 5.56 Å². The highest BCUT2D eigenvalue weighted by Gasteiger charge is 2.06. The Labute approximate surface area is 75.5 Å². The van der Waals surface area contributed by atoms with Crippen molar-refractivity contribution >= 4 is 11.0 Å². The largest absolute Gasteiger partial charge is 0.376 e. The van der Waals surface area contributed by atoms with E-state index in [4.69, 9.17) is 4.52 Å². The SMILES string of the molecule is CCn1oc2cc(C)ccc2c1=O. The maximum absolute atomic E-state index is 11.5. The maximum Gasteiger partial charge on any atom is 0.290 e. The molecule has 0 fully saturated rings. The summed E-state index contributed by atoms with van der Waals surface area (Å²) in [6, 6.07) is 5.60. The van der Waals surface area contributed by atoms with Crippen molar-refractivity contribution in [1.29, 1.82) is 0 Å². The Balaban J connectivity index is 2.84. The second-order valence-corrected chi connectivity index (χ2v) is 3.09. The molecule has 2 aromatic rings. The zero-order chi connectivity index (χ0) is 9.42. The maximum atomic E-state index is 11.5. The summed E-state index contributed by atoms with van der Waals surface area (Å²) in [5.74, 6) is 0. The number of aromatic nitrogens is 1. The molecule has 0 N–H and O–H groups in total. The Morgan fingerprint density at radius 3 is 2.92 bits per heavy atom. The highest BCUT2D eigenvalue weighted by molar-refractivity contribution is 5.76. The number of benzene rings is 1. The smallest absolute Gasteiger partial charge is 0.290 e.